The highest BCUT2D eigenvalue weighted by molar-refractivity contribution is 5.67. The Morgan fingerprint density at radius 1 is 1.25 bits per heavy atom. The molecule has 0 amide bonds. The zero-order valence-corrected chi connectivity index (χ0v) is 9.14. The largest absolute Gasteiger partial charge is 0.497 e. The molecule has 1 unspecified atom stereocenters. The van der Waals surface area contributed by atoms with E-state index in [-0.39, 0.29) is 6.42 Å². The van der Waals surface area contributed by atoms with Crippen LogP contribution in [0.5, 0.6) is 11.5 Å². The van der Waals surface area contributed by atoms with Crippen LogP contribution in [0.15, 0.2) is 18.2 Å². The van der Waals surface area contributed by atoms with Crippen molar-refractivity contribution in [1.29, 1.82) is 0 Å². The predicted octanol–water partition coefficient (Wildman–Crippen LogP) is 1.21. The first-order valence-electron chi connectivity index (χ1n) is 4.69. The number of carboxylic acid groups (broad SMARTS) is 1. The summed E-state index contributed by atoms with van der Waals surface area (Å²) in [5.74, 6) is -0.0353. The first kappa shape index (κ1) is 12.3. The van der Waals surface area contributed by atoms with Crippen molar-refractivity contribution in [2.75, 3.05) is 14.2 Å². The molecule has 0 radical (unpaired) electrons. The molecular formula is C11H14O5. The number of aliphatic carboxylic acids is 1. The quantitative estimate of drug-likeness (QED) is 0.789. The van der Waals surface area contributed by atoms with Gasteiger partial charge in [0, 0.05) is 6.07 Å². The fourth-order valence-electron chi connectivity index (χ4n) is 1.31. The van der Waals surface area contributed by atoms with Crippen LogP contribution in [-0.4, -0.2) is 30.4 Å². The fourth-order valence-corrected chi connectivity index (χ4v) is 1.31. The average Bonchev–Trinajstić information content (AvgIpc) is 2.27. The van der Waals surface area contributed by atoms with E-state index in [0.717, 1.165) is 0 Å². The second-order valence-corrected chi connectivity index (χ2v) is 3.26. The lowest BCUT2D eigenvalue weighted by molar-refractivity contribution is -0.139. The molecule has 0 fully saturated rings. The summed E-state index contributed by atoms with van der Waals surface area (Å²) >= 11 is 0. The molecule has 5 heteroatoms. The van der Waals surface area contributed by atoms with Crippen molar-refractivity contribution < 1.29 is 24.5 Å². The Labute approximate surface area is 93.2 Å². The van der Waals surface area contributed by atoms with Gasteiger partial charge in [0.1, 0.15) is 11.5 Å². The van der Waals surface area contributed by atoms with Gasteiger partial charge in [0.25, 0.3) is 0 Å². The topological polar surface area (TPSA) is 76.0 Å². The summed E-state index contributed by atoms with van der Waals surface area (Å²) in [7, 11) is 2.98. The Morgan fingerprint density at radius 2 is 1.75 bits per heavy atom. The molecule has 16 heavy (non-hydrogen) atoms. The molecule has 0 aromatic heterocycles. The first-order valence-corrected chi connectivity index (χ1v) is 4.69. The van der Waals surface area contributed by atoms with E-state index in [9.17, 15) is 9.90 Å². The summed E-state index contributed by atoms with van der Waals surface area (Å²) in [6.45, 7) is 0. The standard InChI is InChI=1S/C11H14O5/c1-15-8-3-7(4-9(5-8)16-2)10(12)6-11(13)14/h3-5,10,12H,6H2,1-2H3,(H,13,14). The second kappa shape index (κ2) is 5.37. The van der Waals surface area contributed by atoms with Crippen LogP contribution in [0.25, 0.3) is 0 Å². The minimum absolute atomic E-state index is 0.351. The average molecular weight is 226 g/mol. The molecular weight excluding hydrogens is 212 g/mol. The summed E-state index contributed by atoms with van der Waals surface area (Å²) in [5, 5.41) is 18.2. The van der Waals surface area contributed by atoms with E-state index < -0.39 is 12.1 Å². The number of carboxylic acids is 1. The number of carbonyl (C=O) groups is 1. The van der Waals surface area contributed by atoms with E-state index in [0.29, 0.717) is 17.1 Å². The van der Waals surface area contributed by atoms with Crippen molar-refractivity contribution in [2.45, 2.75) is 12.5 Å². The molecule has 1 atom stereocenters. The maximum Gasteiger partial charge on any atom is 0.306 e. The van der Waals surface area contributed by atoms with Crippen LogP contribution in [0.3, 0.4) is 0 Å². The van der Waals surface area contributed by atoms with Crippen molar-refractivity contribution in [3.8, 4) is 11.5 Å². The van der Waals surface area contributed by atoms with Crippen molar-refractivity contribution in [2.24, 2.45) is 0 Å². The number of rotatable bonds is 5. The maximum atomic E-state index is 10.5. The first-order chi connectivity index (χ1) is 7.56. The van der Waals surface area contributed by atoms with E-state index in [1.54, 1.807) is 18.2 Å². The van der Waals surface area contributed by atoms with Crippen molar-refractivity contribution >= 4 is 5.97 Å². The van der Waals surface area contributed by atoms with E-state index in [1.165, 1.54) is 14.2 Å². The van der Waals surface area contributed by atoms with Gasteiger partial charge in [0.15, 0.2) is 0 Å². The third-order valence-electron chi connectivity index (χ3n) is 2.13. The molecule has 88 valence electrons. The molecule has 1 aromatic rings. The summed E-state index contributed by atoms with van der Waals surface area (Å²) in [4.78, 5) is 10.5. The lowest BCUT2D eigenvalue weighted by Gasteiger charge is -2.12. The highest BCUT2D eigenvalue weighted by Crippen LogP contribution is 2.27. The smallest absolute Gasteiger partial charge is 0.306 e. The highest BCUT2D eigenvalue weighted by atomic mass is 16.5. The van der Waals surface area contributed by atoms with Gasteiger partial charge in [0.05, 0.1) is 26.7 Å². The van der Waals surface area contributed by atoms with Crippen molar-refractivity contribution in [3.63, 3.8) is 0 Å². The van der Waals surface area contributed by atoms with Gasteiger partial charge < -0.3 is 19.7 Å². The number of methoxy groups -OCH3 is 2. The normalized spacial score (nSPS) is 11.9. The maximum absolute atomic E-state index is 10.5. The molecule has 0 bridgehead atoms. The van der Waals surface area contributed by atoms with Crippen LogP contribution >= 0.6 is 0 Å². The van der Waals surface area contributed by atoms with E-state index in [2.05, 4.69) is 0 Å². The van der Waals surface area contributed by atoms with Gasteiger partial charge in [-0.1, -0.05) is 0 Å². The van der Waals surface area contributed by atoms with Crippen LogP contribution in [0.4, 0.5) is 0 Å². The van der Waals surface area contributed by atoms with Gasteiger partial charge in [-0.05, 0) is 17.7 Å². The van der Waals surface area contributed by atoms with Gasteiger partial charge in [0.2, 0.25) is 0 Å². The zero-order chi connectivity index (χ0) is 12.1. The molecule has 1 rings (SSSR count). The second-order valence-electron chi connectivity index (χ2n) is 3.26. The van der Waals surface area contributed by atoms with Gasteiger partial charge >= 0.3 is 5.97 Å². The molecule has 0 spiro atoms. The number of ether oxygens (including phenoxy) is 2. The number of aliphatic hydroxyl groups excluding tert-OH is 1. The SMILES string of the molecule is COc1cc(OC)cc(C(O)CC(=O)O)c1. The Hall–Kier alpha value is -1.75. The molecule has 2 N–H and O–H groups in total. The lowest BCUT2D eigenvalue weighted by atomic mass is 10.1. The minimum Gasteiger partial charge on any atom is -0.497 e. The van der Waals surface area contributed by atoms with Crippen LogP contribution < -0.4 is 9.47 Å². The van der Waals surface area contributed by atoms with Gasteiger partial charge in [-0.2, -0.15) is 0 Å². The summed E-state index contributed by atoms with van der Waals surface area (Å²) < 4.78 is 10.0. The lowest BCUT2D eigenvalue weighted by Crippen LogP contribution is -2.05. The third kappa shape index (κ3) is 3.13. The van der Waals surface area contributed by atoms with Crippen LogP contribution in [0, 0.1) is 0 Å². The van der Waals surface area contributed by atoms with Gasteiger partial charge in [-0.15, -0.1) is 0 Å². The third-order valence-corrected chi connectivity index (χ3v) is 2.13. The fraction of sp³-hybridized carbons (Fsp3) is 0.364. The summed E-state index contributed by atoms with van der Waals surface area (Å²) in [5.41, 5.74) is 0.457. The van der Waals surface area contributed by atoms with Crippen LogP contribution in [0.2, 0.25) is 0 Å². The minimum atomic E-state index is -1.07. The van der Waals surface area contributed by atoms with E-state index in [4.69, 9.17) is 14.6 Å². The monoisotopic (exact) mass is 226 g/mol. The van der Waals surface area contributed by atoms with E-state index in [1.807, 2.05) is 0 Å². The van der Waals surface area contributed by atoms with Crippen LogP contribution in [0.1, 0.15) is 18.1 Å². The summed E-state index contributed by atoms with van der Waals surface area (Å²) in [6.07, 6.45) is -1.42. The summed E-state index contributed by atoms with van der Waals surface area (Å²) in [6, 6.07) is 4.81. The number of hydrogen-bond acceptors (Lipinski definition) is 4. The Bertz CT molecular complexity index is 352. The number of hydrogen-bond donors (Lipinski definition) is 2. The van der Waals surface area contributed by atoms with E-state index >= 15 is 0 Å². The number of aliphatic hydroxyl groups is 1. The molecule has 0 heterocycles. The number of benzene rings is 1. The Kier molecular flexibility index (Phi) is 4.13. The van der Waals surface area contributed by atoms with Gasteiger partial charge in [-0.3, -0.25) is 4.79 Å². The molecule has 5 nitrogen and oxygen atoms in total. The van der Waals surface area contributed by atoms with Crippen LogP contribution in [-0.2, 0) is 4.79 Å². The Balaban J connectivity index is 2.97. The highest BCUT2D eigenvalue weighted by Gasteiger charge is 2.14. The molecule has 1 aromatic carbocycles. The van der Waals surface area contributed by atoms with Crippen molar-refractivity contribution in [1.82, 2.24) is 0 Å². The molecule has 0 aliphatic carbocycles. The van der Waals surface area contributed by atoms with Crippen molar-refractivity contribution in [3.05, 3.63) is 23.8 Å². The zero-order valence-electron chi connectivity index (χ0n) is 9.14. The molecule has 0 saturated carbocycles. The molecule has 0 saturated heterocycles. The molecule has 0 aliphatic rings. The Morgan fingerprint density at radius 3 is 2.12 bits per heavy atom. The van der Waals surface area contributed by atoms with Gasteiger partial charge in [-0.25, -0.2) is 0 Å². The predicted molar refractivity (Wildman–Crippen MR) is 56.8 cm³/mol. The molecule has 0 aliphatic heterocycles.